The number of hydrogen-bond acceptors (Lipinski definition) is 3. The Morgan fingerprint density at radius 2 is 2.17 bits per heavy atom. The normalized spacial score (nSPS) is 10.1. The minimum atomic E-state index is 0.538. The average molecular weight is 260 g/mol. The maximum atomic E-state index is 10.9. The molecule has 0 N–H and O–H groups in total. The fourth-order valence-corrected chi connectivity index (χ4v) is 2.94. The van der Waals surface area contributed by atoms with Gasteiger partial charge < -0.3 is 9.30 Å². The van der Waals surface area contributed by atoms with E-state index >= 15 is 0 Å². The van der Waals surface area contributed by atoms with Crippen LogP contribution in [0.25, 0.3) is 9.85 Å². The first-order valence-electron chi connectivity index (χ1n) is 5.32. The maximum Gasteiger partial charge on any atom is 0.225 e. The van der Waals surface area contributed by atoms with Crippen LogP contribution >= 0.6 is 11.3 Å². The van der Waals surface area contributed by atoms with Gasteiger partial charge in [0.2, 0.25) is 5.69 Å². The Morgan fingerprint density at radius 3 is 2.67 bits per heavy atom. The van der Waals surface area contributed by atoms with E-state index < -0.39 is 0 Å². The highest BCUT2D eigenvalue weighted by Crippen LogP contribution is 2.39. The second-order valence-corrected chi connectivity index (χ2v) is 4.84. The van der Waals surface area contributed by atoms with Gasteiger partial charge in [0, 0.05) is 17.0 Å². The number of aromatic nitrogens is 1. The van der Waals surface area contributed by atoms with Crippen LogP contribution in [0.15, 0.2) is 12.1 Å². The summed E-state index contributed by atoms with van der Waals surface area (Å²) in [7, 11) is 1.58. The number of hydrogen-bond donors (Lipinski definition) is 0. The zero-order valence-electron chi connectivity index (χ0n) is 10.4. The largest absolute Gasteiger partial charge is 0.489 e. The first kappa shape index (κ1) is 12.4. The van der Waals surface area contributed by atoms with Crippen LogP contribution in [0.1, 0.15) is 21.7 Å². The molecule has 2 heterocycles. The lowest BCUT2D eigenvalue weighted by atomic mass is 10.3. The molecule has 0 saturated carbocycles. The quantitative estimate of drug-likeness (QED) is 0.625. The number of nitrogens with zero attached hydrogens (tertiary/aromatic N) is 2. The smallest absolute Gasteiger partial charge is 0.225 e. The van der Waals surface area contributed by atoms with Crippen molar-refractivity contribution < 1.29 is 9.53 Å². The lowest BCUT2D eigenvalue weighted by Gasteiger charge is -2.07. The summed E-state index contributed by atoms with van der Waals surface area (Å²) in [5.41, 5.74) is 2.97. The molecule has 0 amide bonds. The molecule has 0 aliphatic carbocycles. The molecule has 0 saturated heterocycles. The minimum absolute atomic E-state index is 0.538. The van der Waals surface area contributed by atoms with E-state index in [1.165, 1.54) is 11.3 Å². The van der Waals surface area contributed by atoms with Gasteiger partial charge in [-0.25, -0.2) is 4.85 Å². The zero-order valence-corrected chi connectivity index (χ0v) is 11.2. The molecule has 0 spiro atoms. The summed E-state index contributed by atoms with van der Waals surface area (Å²) in [5.74, 6) is 0. The number of aryl methyl sites for hydroxylation is 1. The predicted octanol–water partition coefficient (Wildman–Crippen LogP) is 3.53. The highest BCUT2D eigenvalue weighted by molar-refractivity contribution is 7.17. The molecule has 2 aromatic heterocycles. The van der Waals surface area contributed by atoms with Gasteiger partial charge in [-0.1, -0.05) is 11.3 Å². The van der Waals surface area contributed by atoms with E-state index in [9.17, 15) is 4.79 Å². The van der Waals surface area contributed by atoms with Gasteiger partial charge in [0.15, 0.2) is 11.3 Å². The number of methoxy groups -OCH3 is 1. The van der Waals surface area contributed by atoms with Gasteiger partial charge in [-0.15, -0.1) is 0 Å². The van der Waals surface area contributed by atoms with Crippen molar-refractivity contribution in [2.24, 2.45) is 0 Å². The Kier molecular flexibility index (Phi) is 3.21. The molecular weight excluding hydrogens is 248 g/mol. The van der Waals surface area contributed by atoms with Crippen molar-refractivity contribution >= 4 is 23.3 Å². The van der Waals surface area contributed by atoms with Crippen LogP contribution in [0.2, 0.25) is 0 Å². The van der Waals surface area contributed by atoms with Crippen LogP contribution in [-0.2, 0) is 0 Å². The third-order valence-electron chi connectivity index (χ3n) is 2.79. The number of thiophene rings is 1. The van der Waals surface area contributed by atoms with Gasteiger partial charge in [0.25, 0.3) is 0 Å². The fraction of sp³-hybridized carbons (Fsp3) is 0.231. The highest BCUT2D eigenvalue weighted by atomic mass is 32.1. The summed E-state index contributed by atoms with van der Waals surface area (Å²) in [5, 5.41) is 1.49. The van der Waals surface area contributed by atoms with E-state index in [0.717, 1.165) is 22.7 Å². The van der Waals surface area contributed by atoms with E-state index in [2.05, 4.69) is 4.85 Å². The van der Waals surface area contributed by atoms with Gasteiger partial charge >= 0.3 is 0 Å². The van der Waals surface area contributed by atoms with Gasteiger partial charge in [-0.05, 0) is 26.0 Å². The Hall–Kier alpha value is -2.06. The molecule has 0 aliphatic heterocycles. The Balaban J connectivity index is 2.69. The molecule has 0 atom stereocenters. The average Bonchev–Trinajstić information content (AvgIpc) is 2.90. The number of aldehydes is 1. The van der Waals surface area contributed by atoms with E-state index in [4.69, 9.17) is 11.3 Å². The molecule has 5 heteroatoms. The predicted molar refractivity (Wildman–Crippen MR) is 71.3 cm³/mol. The van der Waals surface area contributed by atoms with Crippen LogP contribution in [0, 0.1) is 20.4 Å². The summed E-state index contributed by atoms with van der Waals surface area (Å²) in [6.45, 7) is 11.0. The first-order chi connectivity index (χ1) is 8.62. The molecule has 92 valence electrons. The molecule has 2 aromatic rings. The molecular formula is C13H12N2O2S. The molecule has 4 nitrogen and oxygen atoms in total. The number of ether oxygens (including phenoxy) is 1. The molecule has 0 radical (unpaired) electrons. The van der Waals surface area contributed by atoms with Crippen molar-refractivity contribution in [1.82, 2.24) is 4.57 Å². The van der Waals surface area contributed by atoms with E-state index in [1.54, 1.807) is 13.2 Å². The molecule has 2 rings (SSSR count). The van der Waals surface area contributed by atoms with Gasteiger partial charge in [-0.2, -0.15) is 0 Å². The molecule has 18 heavy (non-hydrogen) atoms. The molecule has 0 unspecified atom stereocenters. The SMILES string of the molecule is [C-]#[N+]c1cc(OC)sc1-n1c(C)cc(C=O)c1C. The van der Waals surface area contributed by atoms with Crippen LogP contribution < -0.4 is 4.74 Å². The molecule has 0 bridgehead atoms. The van der Waals surface area contributed by atoms with E-state index in [-0.39, 0.29) is 0 Å². The third-order valence-corrected chi connectivity index (χ3v) is 3.86. The second kappa shape index (κ2) is 4.67. The van der Waals surface area contributed by atoms with Crippen LogP contribution in [0.3, 0.4) is 0 Å². The summed E-state index contributed by atoms with van der Waals surface area (Å²) in [4.78, 5) is 14.4. The van der Waals surface area contributed by atoms with Gasteiger partial charge in [0.05, 0.1) is 13.7 Å². The summed E-state index contributed by atoms with van der Waals surface area (Å²) >= 11 is 1.40. The van der Waals surface area contributed by atoms with E-state index in [1.807, 2.05) is 24.5 Å². The molecule has 0 aliphatic rings. The summed E-state index contributed by atoms with van der Waals surface area (Å²) in [6, 6.07) is 3.54. The number of carbonyl (C=O) groups excluding carboxylic acids is 1. The molecule has 0 fully saturated rings. The lowest BCUT2D eigenvalue weighted by molar-refractivity contribution is 0.112. The highest BCUT2D eigenvalue weighted by Gasteiger charge is 2.16. The summed E-state index contributed by atoms with van der Waals surface area (Å²) in [6.07, 6.45) is 0.835. The van der Waals surface area contributed by atoms with Crippen LogP contribution in [0.5, 0.6) is 5.06 Å². The maximum absolute atomic E-state index is 10.9. The van der Waals surface area contributed by atoms with Crippen LogP contribution in [0.4, 0.5) is 5.69 Å². The second-order valence-electron chi connectivity index (χ2n) is 3.85. The fourth-order valence-electron chi connectivity index (χ4n) is 1.91. The monoisotopic (exact) mass is 260 g/mol. The molecule has 0 aromatic carbocycles. The third kappa shape index (κ3) is 1.81. The topological polar surface area (TPSA) is 35.6 Å². The van der Waals surface area contributed by atoms with Crippen molar-refractivity contribution in [3.63, 3.8) is 0 Å². The number of rotatable bonds is 3. The Morgan fingerprint density at radius 1 is 1.44 bits per heavy atom. The van der Waals surface area contributed by atoms with Gasteiger partial charge in [-0.3, -0.25) is 4.79 Å². The van der Waals surface area contributed by atoms with Crippen molar-refractivity contribution in [3.05, 3.63) is 40.5 Å². The van der Waals surface area contributed by atoms with Gasteiger partial charge in [0.1, 0.15) is 5.00 Å². The standard InChI is InChI=1S/C13H12N2O2S/c1-8-5-10(7-16)9(2)15(8)13-11(14-3)6-12(17-4)18-13/h5-7H,1-2,4H3. The van der Waals surface area contributed by atoms with Crippen molar-refractivity contribution in [2.75, 3.05) is 7.11 Å². The van der Waals surface area contributed by atoms with E-state index in [0.29, 0.717) is 16.3 Å². The Bertz CT molecular complexity index is 647. The lowest BCUT2D eigenvalue weighted by Crippen LogP contribution is -1.97. The van der Waals surface area contributed by atoms with Crippen molar-refractivity contribution in [1.29, 1.82) is 0 Å². The first-order valence-corrected chi connectivity index (χ1v) is 6.13. The number of carbonyl (C=O) groups is 1. The minimum Gasteiger partial charge on any atom is -0.489 e. The van der Waals surface area contributed by atoms with Crippen molar-refractivity contribution in [2.45, 2.75) is 13.8 Å². The Labute approximate surface area is 109 Å². The summed E-state index contributed by atoms with van der Waals surface area (Å²) < 4.78 is 7.08. The zero-order chi connectivity index (χ0) is 13.3. The van der Waals surface area contributed by atoms with Crippen LogP contribution in [-0.4, -0.2) is 18.0 Å². The van der Waals surface area contributed by atoms with Crippen molar-refractivity contribution in [3.8, 4) is 10.1 Å².